The first-order valence-corrected chi connectivity index (χ1v) is 8.71. The van der Waals surface area contributed by atoms with E-state index in [0.717, 1.165) is 25.1 Å². The number of nitrogens with one attached hydrogen (secondary N) is 1. The van der Waals surface area contributed by atoms with E-state index in [1.165, 1.54) is 0 Å². The minimum absolute atomic E-state index is 0.0253. The van der Waals surface area contributed by atoms with Gasteiger partial charge in [0.2, 0.25) is 11.8 Å². The molecule has 0 unspecified atom stereocenters. The Kier molecular flexibility index (Phi) is 5.88. The molecular formula is C18H25N3O4. The summed E-state index contributed by atoms with van der Waals surface area (Å²) in [5.41, 5.74) is 0.775. The van der Waals surface area contributed by atoms with Crippen molar-refractivity contribution in [3.8, 4) is 5.75 Å². The maximum absolute atomic E-state index is 12.5. The average Bonchev–Trinajstić information content (AvgIpc) is 3.14. The molecule has 2 heterocycles. The van der Waals surface area contributed by atoms with E-state index in [1.807, 2.05) is 29.2 Å². The molecule has 2 fully saturated rings. The molecule has 7 heteroatoms. The molecule has 1 N–H and O–H groups in total. The fourth-order valence-corrected chi connectivity index (χ4v) is 3.26. The zero-order chi connectivity index (χ0) is 17.6. The number of carbonyl (C=O) groups is 2. The standard InChI is InChI=1S/C18H25N3O4/c1-24-16-7-3-2-6-15(16)21-9-8-20(13-18(21)23)12-17(22)19-11-14-5-4-10-25-14/h2-3,6-7,14H,4-5,8-13H2,1H3,(H,19,22)/t14-/m0/s1. The van der Waals surface area contributed by atoms with E-state index < -0.39 is 0 Å². The van der Waals surface area contributed by atoms with Gasteiger partial charge in [-0.15, -0.1) is 0 Å². The summed E-state index contributed by atoms with van der Waals surface area (Å²) in [6.45, 7) is 2.98. The van der Waals surface area contributed by atoms with Crippen LogP contribution in [-0.4, -0.2) is 69.3 Å². The number of para-hydroxylation sites is 2. The van der Waals surface area contributed by atoms with Crippen molar-refractivity contribution in [1.29, 1.82) is 0 Å². The van der Waals surface area contributed by atoms with E-state index in [4.69, 9.17) is 9.47 Å². The quantitative estimate of drug-likeness (QED) is 0.818. The van der Waals surface area contributed by atoms with E-state index in [2.05, 4.69) is 5.32 Å². The molecule has 136 valence electrons. The molecule has 1 aromatic rings. The first-order chi connectivity index (χ1) is 12.2. The molecular weight excluding hydrogens is 322 g/mol. The highest BCUT2D eigenvalue weighted by atomic mass is 16.5. The predicted molar refractivity (Wildman–Crippen MR) is 93.8 cm³/mol. The van der Waals surface area contributed by atoms with Gasteiger partial charge in [0.25, 0.3) is 0 Å². The summed E-state index contributed by atoms with van der Waals surface area (Å²) >= 11 is 0. The van der Waals surface area contributed by atoms with Crippen LogP contribution in [0.3, 0.4) is 0 Å². The molecule has 0 aliphatic carbocycles. The number of nitrogens with zero attached hydrogens (tertiary/aromatic N) is 2. The van der Waals surface area contributed by atoms with Crippen LogP contribution in [0.2, 0.25) is 0 Å². The van der Waals surface area contributed by atoms with Crippen LogP contribution in [-0.2, 0) is 14.3 Å². The van der Waals surface area contributed by atoms with Crippen LogP contribution >= 0.6 is 0 Å². The Hall–Kier alpha value is -2.12. The summed E-state index contributed by atoms with van der Waals surface area (Å²) in [6.07, 6.45) is 2.18. The Morgan fingerprint density at radius 1 is 1.36 bits per heavy atom. The first kappa shape index (κ1) is 17.7. The number of hydrogen-bond acceptors (Lipinski definition) is 5. The van der Waals surface area contributed by atoms with Gasteiger partial charge in [-0.3, -0.25) is 14.5 Å². The monoisotopic (exact) mass is 347 g/mol. The molecule has 7 nitrogen and oxygen atoms in total. The number of benzene rings is 1. The van der Waals surface area contributed by atoms with Crippen LogP contribution in [0.5, 0.6) is 5.75 Å². The summed E-state index contributed by atoms with van der Waals surface area (Å²) in [5.74, 6) is 0.593. The normalized spacial score (nSPS) is 21.4. The molecule has 25 heavy (non-hydrogen) atoms. The van der Waals surface area contributed by atoms with Crippen LogP contribution in [0.15, 0.2) is 24.3 Å². The Labute approximate surface area is 147 Å². The van der Waals surface area contributed by atoms with Crippen molar-refractivity contribution in [3.05, 3.63) is 24.3 Å². The van der Waals surface area contributed by atoms with Crippen molar-refractivity contribution >= 4 is 17.5 Å². The second-order valence-corrected chi connectivity index (χ2v) is 6.37. The lowest BCUT2D eigenvalue weighted by Gasteiger charge is -2.34. The Morgan fingerprint density at radius 3 is 2.92 bits per heavy atom. The summed E-state index contributed by atoms with van der Waals surface area (Å²) in [5, 5.41) is 2.90. The van der Waals surface area contributed by atoms with E-state index in [0.29, 0.717) is 25.4 Å². The van der Waals surface area contributed by atoms with Crippen molar-refractivity contribution in [3.63, 3.8) is 0 Å². The zero-order valence-corrected chi connectivity index (χ0v) is 14.6. The SMILES string of the molecule is COc1ccccc1N1CCN(CC(=O)NC[C@@H]2CCCO2)CC1=O. The number of hydrogen-bond donors (Lipinski definition) is 1. The van der Waals surface area contributed by atoms with Gasteiger partial charge in [0, 0.05) is 26.2 Å². The van der Waals surface area contributed by atoms with Crippen LogP contribution in [0.25, 0.3) is 0 Å². The molecule has 0 radical (unpaired) electrons. The topological polar surface area (TPSA) is 71.1 Å². The Balaban J connectivity index is 1.49. The van der Waals surface area contributed by atoms with Crippen molar-refractivity contribution in [2.75, 3.05) is 51.3 Å². The maximum atomic E-state index is 12.5. The third kappa shape index (κ3) is 4.49. The first-order valence-electron chi connectivity index (χ1n) is 8.71. The maximum Gasteiger partial charge on any atom is 0.241 e. The summed E-state index contributed by atoms with van der Waals surface area (Å²) in [7, 11) is 1.60. The number of carbonyl (C=O) groups excluding carboxylic acids is 2. The van der Waals surface area contributed by atoms with Gasteiger partial charge < -0.3 is 19.7 Å². The minimum Gasteiger partial charge on any atom is -0.495 e. The van der Waals surface area contributed by atoms with Crippen LogP contribution < -0.4 is 15.0 Å². The van der Waals surface area contributed by atoms with Crippen molar-refractivity contribution in [2.45, 2.75) is 18.9 Å². The third-order valence-electron chi connectivity index (χ3n) is 4.59. The molecule has 1 aromatic carbocycles. The summed E-state index contributed by atoms with van der Waals surface area (Å²) in [6, 6.07) is 7.48. The average molecular weight is 347 g/mol. The molecule has 0 saturated carbocycles. The summed E-state index contributed by atoms with van der Waals surface area (Å²) < 4.78 is 10.8. The van der Waals surface area contributed by atoms with Gasteiger partial charge in [0.15, 0.2) is 0 Å². The minimum atomic E-state index is -0.0611. The third-order valence-corrected chi connectivity index (χ3v) is 4.59. The lowest BCUT2D eigenvalue weighted by atomic mass is 10.2. The number of anilines is 1. The van der Waals surface area contributed by atoms with E-state index >= 15 is 0 Å². The van der Waals surface area contributed by atoms with Crippen molar-refractivity contribution < 1.29 is 19.1 Å². The molecule has 2 saturated heterocycles. The fraction of sp³-hybridized carbons (Fsp3) is 0.556. The van der Waals surface area contributed by atoms with Crippen molar-refractivity contribution in [2.24, 2.45) is 0 Å². The largest absolute Gasteiger partial charge is 0.495 e. The van der Waals surface area contributed by atoms with E-state index in [-0.39, 0.29) is 31.0 Å². The van der Waals surface area contributed by atoms with Crippen LogP contribution in [0.1, 0.15) is 12.8 Å². The second kappa shape index (κ2) is 8.31. The van der Waals surface area contributed by atoms with Gasteiger partial charge in [-0.1, -0.05) is 12.1 Å². The summed E-state index contributed by atoms with van der Waals surface area (Å²) in [4.78, 5) is 28.2. The molecule has 3 rings (SSSR count). The molecule has 0 bridgehead atoms. The van der Waals surface area contributed by atoms with Gasteiger partial charge in [-0.05, 0) is 25.0 Å². The lowest BCUT2D eigenvalue weighted by molar-refractivity contribution is -0.125. The number of rotatable bonds is 6. The highest BCUT2D eigenvalue weighted by Gasteiger charge is 2.28. The van der Waals surface area contributed by atoms with E-state index in [9.17, 15) is 9.59 Å². The molecule has 1 atom stereocenters. The highest BCUT2D eigenvalue weighted by molar-refractivity contribution is 5.97. The zero-order valence-electron chi connectivity index (χ0n) is 14.6. The molecule has 0 aromatic heterocycles. The molecule has 0 spiro atoms. The molecule has 2 amide bonds. The van der Waals surface area contributed by atoms with Crippen LogP contribution in [0.4, 0.5) is 5.69 Å². The Morgan fingerprint density at radius 2 is 2.20 bits per heavy atom. The van der Waals surface area contributed by atoms with Crippen LogP contribution in [0, 0.1) is 0 Å². The van der Waals surface area contributed by atoms with Gasteiger partial charge >= 0.3 is 0 Å². The smallest absolute Gasteiger partial charge is 0.241 e. The number of piperazine rings is 1. The van der Waals surface area contributed by atoms with E-state index in [1.54, 1.807) is 12.0 Å². The number of ether oxygens (including phenoxy) is 2. The van der Waals surface area contributed by atoms with Gasteiger partial charge in [0.1, 0.15) is 5.75 Å². The fourth-order valence-electron chi connectivity index (χ4n) is 3.26. The van der Waals surface area contributed by atoms with Gasteiger partial charge in [-0.2, -0.15) is 0 Å². The van der Waals surface area contributed by atoms with Crippen molar-refractivity contribution in [1.82, 2.24) is 10.2 Å². The molecule has 2 aliphatic rings. The van der Waals surface area contributed by atoms with Gasteiger partial charge in [0.05, 0.1) is 32.0 Å². The second-order valence-electron chi connectivity index (χ2n) is 6.37. The van der Waals surface area contributed by atoms with Gasteiger partial charge in [-0.25, -0.2) is 0 Å². The predicted octanol–water partition coefficient (Wildman–Crippen LogP) is 0.639. The highest BCUT2D eigenvalue weighted by Crippen LogP contribution is 2.28. The number of amides is 2. The Bertz CT molecular complexity index is 616. The molecule has 2 aliphatic heterocycles. The number of methoxy groups -OCH3 is 1. The lowest BCUT2D eigenvalue weighted by Crippen LogP contribution is -2.53.